The van der Waals surface area contributed by atoms with Gasteiger partial charge < -0.3 is 4.90 Å². The Bertz CT molecular complexity index is 239. The molecule has 3 heteroatoms. The Labute approximate surface area is 126 Å². The van der Waals surface area contributed by atoms with Gasteiger partial charge in [-0.15, -0.1) is 0 Å². The lowest BCUT2D eigenvalue weighted by Crippen LogP contribution is -2.54. The van der Waals surface area contributed by atoms with Crippen LogP contribution in [0.2, 0.25) is 0 Å². The summed E-state index contributed by atoms with van der Waals surface area (Å²) >= 11 is 4.69. The Kier molecular flexibility index (Phi) is 7.78. The van der Waals surface area contributed by atoms with E-state index < -0.39 is 0 Å². The number of likely N-dealkylation sites (N-methyl/N-ethyl adjacent to an activating group) is 1. The maximum absolute atomic E-state index is 4.69. The van der Waals surface area contributed by atoms with Crippen molar-refractivity contribution in [1.29, 1.82) is 0 Å². The molecule has 0 bridgehead atoms. The van der Waals surface area contributed by atoms with Crippen molar-refractivity contribution in [2.45, 2.75) is 58.9 Å². The molecule has 0 N–H and O–H groups in total. The highest BCUT2D eigenvalue weighted by Crippen LogP contribution is 2.33. The van der Waals surface area contributed by atoms with E-state index >= 15 is 0 Å². The van der Waals surface area contributed by atoms with E-state index in [0.29, 0.717) is 5.41 Å². The van der Waals surface area contributed by atoms with Crippen LogP contribution in [-0.2, 0) is 0 Å². The third-order valence-corrected chi connectivity index (χ3v) is 5.46. The van der Waals surface area contributed by atoms with Crippen LogP contribution in [0.25, 0.3) is 0 Å². The van der Waals surface area contributed by atoms with Gasteiger partial charge in [-0.3, -0.25) is 4.90 Å². The van der Waals surface area contributed by atoms with Gasteiger partial charge in [0.2, 0.25) is 0 Å². The number of thiol groups is 1. The minimum absolute atomic E-state index is 0.445. The second-order valence-corrected chi connectivity index (χ2v) is 6.75. The first-order valence-corrected chi connectivity index (χ1v) is 8.77. The molecule has 1 fully saturated rings. The predicted octanol–water partition coefficient (Wildman–Crippen LogP) is 3.53. The molecule has 1 rings (SSSR count). The highest BCUT2D eigenvalue weighted by molar-refractivity contribution is 7.80. The van der Waals surface area contributed by atoms with E-state index in [0.717, 1.165) is 11.8 Å². The molecule has 2 nitrogen and oxygen atoms in total. The zero-order valence-electron chi connectivity index (χ0n) is 13.5. The molecule has 1 aliphatic heterocycles. The molecule has 0 radical (unpaired) electrons. The highest BCUT2D eigenvalue weighted by atomic mass is 32.1. The third-order valence-electron chi connectivity index (χ3n) is 4.79. The standard InChI is InChI=1S/C16H34N2S/c1-5-8-16(14-19,9-6-2)13-18-11-10-17(4)15(7-3)12-18/h15,19H,5-14H2,1-4H3. The van der Waals surface area contributed by atoms with Crippen molar-refractivity contribution in [2.75, 3.05) is 39.0 Å². The van der Waals surface area contributed by atoms with Gasteiger partial charge in [0, 0.05) is 32.2 Å². The van der Waals surface area contributed by atoms with Gasteiger partial charge in [-0.25, -0.2) is 0 Å². The van der Waals surface area contributed by atoms with Crippen LogP contribution in [0.3, 0.4) is 0 Å². The normalized spacial score (nSPS) is 22.9. The molecule has 0 aliphatic carbocycles. The summed E-state index contributed by atoms with van der Waals surface area (Å²) in [6, 6.07) is 0.745. The fraction of sp³-hybridized carbons (Fsp3) is 1.00. The molecular weight excluding hydrogens is 252 g/mol. The van der Waals surface area contributed by atoms with Gasteiger partial charge in [-0.2, -0.15) is 12.6 Å². The van der Waals surface area contributed by atoms with Crippen LogP contribution in [-0.4, -0.2) is 54.8 Å². The van der Waals surface area contributed by atoms with Gasteiger partial charge in [-0.05, 0) is 37.5 Å². The molecule has 19 heavy (non-hydrogen) atoms. The summed E-state index contributed by atoms with van der Waals surface area (Å²) in [5, 5.41) is 0. The lowest BCUT2D eigenvalue weighted by molar-refractivity contribution is 0.0567. The van der Waals surface area contributed by atoms with Gasteiger partial charge in [0.15, 0.2) is 0 Å². The lowest BCUT2D eigenvalue weighted by atomic mass is 9.80. The SMILES string of the molecule is CCCC(CS)(CCC)CN1CCN(C)C(CC)C1. The Morgan fingerprint density at radius 1 is 1.11 bits per heavy atom. The second kappa shape index (κ2) is 8.53. The lowest BCUT2D eigenvalue weighted by Gasteiger charge is -2.44. The predicted molar refractivity (Wildman–Crippen MR) is 89.3 cm³/mol. The summed E-state index contributed by atoms with van der Waals surface area (Å²) in [7, 11) is 2.27. The van der Waals surface area contributed by atoms with Gasteiger partial charge in [-0.1, -0.05) is 33.6 Å². The van der Waals surface area contributed by atoms with Crippen LogP contribution in [0.5, 0.6) is 0 Å². The van der Waals surface area contributed by atoms with Crippen molar-refractivity contribution in [3.63, 3.8) is 0 Å². The molecule has 0 aromatic heterocycles. The molecule has 1 aliphatic rings. The topological polar surface area (TPSA) is 6.48 Å². The van der Waals surface area contributed by atoms with Crippen LogP contribution in [0.1, 0.15) is 52.9 Å². The molecule has 0 saturated carbocycles. The van der Waals surface area contributed by atoms with Crippen LogP contribution < -0.4 is 0 Å². The first-order chi connectivity index (χ1) is 9.10. The number of rotatable bonds is 8. The monoisotopic (exact) mass is 286 g/mol. The summed E-state index contributed by atoms with van der Waals surface area (Å²) in [5.74, 6) is 1.04. The summed E-state index contributed by atoms with van der Waals surface area (Å²) in [4.78, 5) is 5.23. The molecular formula is C16H34N2S. The molecule has 0 aromatic rings. The van der Waals surface area contributed by atoms with E-state index in [-0.39, 0.29) is 0 Å². The fourth-order valence-corrected chi connectivity index (χ4v) is 4.04. The van der Waals surface area contributed by atoms with Crippen molar-refractivity contribution in [3.8, 4) is 0 Å². The third kappa shape index (κ3) is 4.95. The van der Waals surface area contributed by atoms with Crippen LogP contribution in [0.4, 0.5) is 0 Å². The van der Waals surface area contributed by atoms with Crippen molar-refractivity contribution in [1.82, 2.24) is 9.80 Å². The average Bonchev–Trinajstić information content (AvgIpc) is 2.41. The number of piperazine rings is 1. The molecule has 0 amide bonds. The van der Waals surface area contributed by atoms with Crippen molar-refractivity contribution < 1.29 is 0 Å². The summed E-state index contributed by atoms with van der Waals surface area (Å²) < 4.78 is 0. The smallest absolute Gasteiger partial charge is 0.0218 e. The summed E-state index contributed by atoms with van der Waals surface area (Å²) in [6.07, 6.45) is 6.49. The zero-order valence-corrected chi connectivity index (χ0v) is 14.4. The van der Waals surface area contributed by atoms with E-state index in [4.69, 9.17) is 12.6 Å². The van der Waals surface area contributed by atoms with Gasteiger partial charge in [0.1, 0.15) is 0 Å². The number of nitrogens with zero attached hydrogens (tertiary/aromatic N) is 2. The first-order valence-electron chi connectivity index (χ1n) is 8.14. The number of hydrogen-bond donors (Lipinski definition) is 1. The van der Waals surface area contributed by atoms with Crippen molar-refractivity contribution in [2.24, 2.45) is 5.41 Å². The Morgan fingerprint density at radius 3 is 2.21 bits per heavy atom. The molecule has 1 heterocycles. The van der Waals surface area contributed by atoms with Crippen molar-refractivity contribution >= 4 is 12.6 Å². The summed E-state index contributed by atoms with van der Waals surface area (Å²) in [6.45, 7) is 11.9. The maximum Gasteiger partial charge on any atom is 0.0218 e. The van der Waals surface area contributed by atoms with Gasteiger partial charge in [0.05, 0.1) is 0 Å². The Balaban J connectivity index is 2.62. The molecule has 0 aromatic carbocycles. The van der Waals surface area contributed by atoms with E-state index in [2.05, 4.69) is 37.6 Å². The van der Waals surface area contributed by atoms with Crippen LogP contribution in [0, 0.1) is 5.41 Å². The minimum Gasteiger partial charge on any atom is -0.301 e. The molecule has 0 spiro atoms. The van der Waals surface area contributed by atoms with E-state index in [1.807, 2.05) is 0 Å². The van der Waals surface area contributed by atoms with Gasteiger partial charge in [0.25, 0.3) is 0 Å². The van der Waals surface area contributed by atoms with E-state index in [9.17, 15) is 0 Å². The molecule has 1 saturated heterocycles. The Hall–Kier alpha value is 0.270. The fourth-order valence-electron chi connectivity index (χ4n) is 3.62. The molecule has 1 atom stereocenters. The Morgan fingerprint density at radius 2 is 1.74 bits per heavy atom. The van der Waals surface area contributed by atoms with E-state index in [1.54, 1.807) is 0 Å². The zero-order chi connectivity index (χ0) is 14.3. The van der Waals surface area contributed by atoms with Crippen LogP contribution >= 0.6 is 12.6 Å². The second-order valence-electron chi connectivity index (χ2n) is 6.44. The number of hydrogen-bond acceptors (Lipinski definition) is 3. The van der Waals surface area contributed by atoms with E-state index in [1.165, 1.54) is 58.3 Å². The maximum atomic E-state index is 4.69. The quantitative estimate of drug-likeness (QED) is 0.682. The summed E-state index contributed by atoms with van der Waals surface area (Å²) in [5.41, 5.74) is 0.445. The molecule has 1 unspecified atom stereocenters. The van der Waals surface area contributed by atoms with Gasteiger partial charge >= 0.3 is 0 Å². The van der Waals surface area contributed by atoms with Crippen LogP contribution in [0.15, 0.2) is 0 Å². The van der Waals surface area contributed by atoms with Crippen molar-refractivity contribution in [3.05, 3.63) is 0 Å². The highest BCUT2D eigenvalue weighted by Gasteiger charge is 2.32. The average molecular weight is 287 g/mol. The largest absolute Gasteiger partial charge is 0.301 e. The molecule has 114 valence electrons. The first kappa shape index (κ1) is 17.3. The minimum atomic E-state index is 0.445.